The zero-order chi connectivity index (χ0) is 24.1. The number of nitro groups is 1. The zero-order valence-electron chi connectivity index (χ0n) is 18.9. The van der Waals surface area contributed by atoms with E-state index in [-0.39, 0.29) is 33.8 Å². The minimum atomic E-state index is -0.833. The first kappa shape index (κ1) is 23.4. The second kappa shape index (κ2) is 10.4. The van der Waals surface area contributed by atoms with Crippen LogP contribution in [0, 0.1) is 10.1 Å². The van der Waals surface area contributed by atoms with Gasteiger partial charge < -0.3 is 20.1 Å². The Bertz CT molecular complexity index is 1180. The van der Waals surface area contributed by atoms with Crippen LogP contribution in [0.25, 0.3) is 10.9 Å². The number of non-ortho nitro benzene ring substituents is 1. The number of anilines is 1. The molecule has 1 fully saturated rings. The number of hydrogen-bond donors (Lipinski definition) is 2. The van der Waals surface area contributed by atoms with E-state index in [1.54, 1.807) is 12.3 Å². The number of benzene rings is 1. The van der Waals surface area contributed by atoms with E-state index in [0.29, 0.717) is 31.6 Å². The Balaban J connectivity index is 1.77. The number of hydrogen-bond acceptors (Lipinski definition) is 8. The first-order valence-corrected chi connectivity index (χ1v) is 11.3. The van der Waals surface area contributed by atoms with Crippen LogP contribution in [0.2, 0.25) is 0 Å². The van der Waals surface area contributed by atoms with Gasteiger partial charge in [0.1, 0.15) is 17.1 Å². The molecule has 0 spiro atoms. The van der Waals surface area contributed by atoms with E-state index in [0.717, 1.165) is 25.3 Å². The lowest BCUT2D eigenvalue weighted by Crippen LogP contribution is -2.36. The van der Waals surface area contributed by atoms with E-state index < -0.39 is 11.0 Å². The van der Waals surface area contributed by atoms with Crippen LogP contribution < -0.4 is 10.2 Å². The van der Waals surface area contributed by atoms with Gasteiger partial charge >= 0.3 is 0 Å². The van der Waals surface area contributed by atoms with Gasteiger partial charge in [0, 0.05) is 43.5 Å². The minimum Gasteiger partial charge on any atom is -0.505 e. The number of aromatic nitrogens is 2. The van der Waals surface area contributed by atoms with E-state index in [9.17, 15) is 20.0 Å². The Hall–Kier alpha value is -3.79. The van der Waals surface area contributed by atoms with Crippen molar-refractivity contribution >= 4 is 28.3 Å². The SMILES string of the molecule is CCCCC(=O)NC(c1ccc(N2CCOCC2)nc1)c1cc([N+](=O)[O-])c2cccnc2c1O. The third kappa shape index (κ3) is 4.91. The summed E-state index contributed by atoms with van der Waals surface area (Å²) in [4.78, 5) is 34.8. The van der Waals surface area contributed by atoms with Crippen molar-refractivity contribution in [2.45, 2.75) is 32.2 Å². The Morgan fingerprint density at radius 3 is 2.76 bits per heavy atom. The lowest BCUT2D eigenvalue weighted by molar-refractivity contribution is -0.383. The second-order valence-electron chi connectivity index (χ2n) is 8.14. The highest BCUT2D eigenvalue weighted by Gasteiger charge is 2.27. The Morgan fingerprint density at radius 2 is 2.09 bits per heavy atom. The fraction of sp³-hybridized carbons (Fsp3) is 0.375. The Morgan fingerprint density at radius 1 is 1.29 bits per heavy atom. The summed E-state index contributed by atoms with van der Waals surface area (Å²) in [5.74, 6) is 0.352. The third-order valence-electron chi connectivity index (χ3n) is 5.88. The van der Waals surface area contributed by atoms with Gasteiger partial charge in [-0.05, 0) is 30.2 Å². The number of amides is 1. The molecule has 2 aromatic heterocycles. The summed E-state index contributed by atoms with van der Waals surface area (Å²) in [5.41, 5.74) is 0.712. The van der Waals surface area contributed by atoms with Crippen LogP contribution in [-0.2, 0) is 9.53 Å². The number of carbonyl (C=O) groups is 1. The van der Waals surface area contributed by atoms with Gasteiger partial charge in [-0.15, -0.1) is 0 Å². The number of fused-ring (bicyclic) bond motifs is 1. The van der Waals surface area contributed by atoms with Gasteiger partial charge in [-0.2, -0.15) is 0 Å². The molecular weight excluding hydrogens is 438 g/mol. The molecule has 178 valence electrons. The van der Waals surface area contributed by atoms with Crippen LogP contribution >= 0.6 is 0 Å². The van der Waals surface area contributed by atoms with Gasteiger partial charge in [-0.25, -0.2) is 4.98 Å². The number of nitrogens with zero attached hydrogens (tertiary/aromatic N) is 4. The van der Waals surface area contributed by atoms with Crippen molar-refractivity contribution in [3.63, 3.8) is 0 Å². The number of nitrogens with one attached hydrogen (secondary N) is 1. The third-order valence-corrected chi connectivity index (χ3v) is 5.88. The summed E-state index contributed by atoms with van der Waals surface area (Å²) >= 11 is 0. The molecule has 0 bridgehead atoms. The molecule has 0 radical (unpaired) electrons. The topological polar surface area (TPSA) is 131 Å². The molecule has 1 aromatic carbocycles. The van der Waals surface area contributed by atoms with Gasteiger partial charge in [-0.3, -0.25) is 19.9 Å². The molecule has 0 saturated carbocycles. The molecule has 3 aromatic rings. The molecule has 1 aliphatic rings. The maximum Gasteiger partial charge on any atom is 0.279 e. The Kier molecular flexibility index (Phi) is 7.17. The summed E-state index contributed by atoms with van der Waals surface area (Å²) < 4.78 is 5.39. The highest BCUT2D eigenvalue weighted by Crippen LogP contribution is 2.39. The van der Waals surface area contributed by atoms with E-state index in [4.69, 9.17) is 4.74 Å². The van der Waals surface area contributed by atoms with Crippen LogP contribution in [0.4, 0.5) is 11.5 Å². The lowest BCUT2D eigenvalue weighted by Gasteiger charge is -2.28. The van der Waals surface area contributed by atoms with Gasteiger partial charge in [-0.1, -0.05) is 19.4 Å². The number of morpholine rings is 1. The van der Waals surface area contributed by atoms with Crippen LogP contribution in [0.15, 0.2) is 42.7 Å². The highest BCUT2D eigenvalue weighted by molar-refractivity contribution is 5.94. The van der Waals surface area contributed by atoms with Gasteiger partial charge in [0.2, 0.25) is 5.91 Å². The van der Waals surface area contributed by atoms with Crippen molar-refractivity contribution in [3.05, 3.63) is 64.0 Å². The predicted octanol–water partition coefficient (Wildman–Crippen LogP) is 3.48. The largest absolute Gasteiger partial charge is 0.505 e. The molecule has 1 unspecified atom stereocenters. The molecule has 0 aliphatic carbocycles. The molecule has 1 atom stereocenters. The van der Waals surface area contributed by atoms with Gasteiger partial charge in [0.25, 0.3) is 5.69 Å². The van der Waals surface area contributed by atoms with Crippen molar-refractivity contribution in [1.82, 2.24) is 15.3 Å². The molecule has 1 saturated heterocycles. The fourth-order valence-corrected chi connectivity index (χ4v) is 4.06. The number of unbranched alkanes of at least 4 members (excludes halogenated alkanes) is 1. The number of pyridine rings is 2. The fourth-order valence-electron chi connectivity index (χ4n) is 4.06. The standard InChI is InChI=1S/C24H27N5O5/c1-2-3-6-21(30)27-22(16-7-8-20(26-15-16)28-10-12-34-13-11-28)18-14-19(29(32)33)17-5-4-9-25-23(17)24(18)31/h4-5,7-9,14-15,22,31H,2-3,6,10-13H2,1H3,(H,27,30). The van der Waals surface area contributed by atoms with Crippen LogP contribution in [0.3, 0.4) is 0 Å². The van der Waals surface area contributed by atoms with E-state index >= 15 is 0 Å². The minimum absolute atomic E-state index is 0.109. The summed E-state index contributed by atoms with van der Waals surface area (Å²) in [6.45, 7) is 4.70. The average Bonchev–Trinajstić information content (AvgIpc) is 2.87. The first-order valence-electron chi connectivity index (χ1n) is 11.3. The normalized spacial score (nSPS) is 14.7. The maximum absolute atomic E-state index is 12.7. The number of nitro benzene ring substituents is 1. The molecule has 10 heteroatoms. The number of carbonyl (C=O) groups excluding carboxylic acids is 1. The summed E-state index contributed by atoms with van der Waals surface area (Å²) in [7, 11) is 0. The molecule has 34 heavy (non-hydrogen) atoms. The van der Waals surface area contributed by atoms with Crippen molar-refractivity contribution in [2.75, 3.05) is 31.2 Å². The molecular formula is C24H27N5O5. The predicted molar refractivity (Wildman–Crippen MR) is 127 cm³/mol. The van der Waals surface area contributed by atoms with Crippen molar-refractivity contribution in [1.29, 1.82) is 0 Å². The number of phenols is 1. The summed E-state index contributed by atoms with van der Waals surface area (Å²) in [6, 6.07) is 7.25. The molecule has 3 heterocycles. The van der Waals surface area contributed by atoms with Gasteiger partial charge in [0.05, 0.1) is 29.6 Å². The second-order valence-corrected chi connectivity index (χ2v) is 8.14. The van der Waals surface area contributed by atoms with E-state index in [2.05, 4.69) is 20.2 Å². The highest BCUT2D eigenvalue weighted by atomic mass is 16.6. The quantitative estimate of drug-likeness (QED) is 0.382. The molecule has 1 amide bonds. The Labute approximate surface area is 196 Å². The molecule has 4 rings (SSSR count). The number of phenolic OH excluding ortho intramolecular Hbond substituents is 1. The van der Waals surface area contributed by atoms with Crippen LogP contribution in [0.5, 0.6) is 5.75 Å². The van der Waals surface area contributed by atoms with Crippen molar-refractivity contribution < 1.29 is 19.6 Å². The zero-order valence-corrected chi connectivity index (χ0v) is 18.9. The molecule has 2 N–H and O–H groups in total. The van der Waals surface area contributed by atoms with Crippen LogP contribution in [-0.4, -0.2) is 52.2 Å². The number of aromatic hydroxyl groups is 1. The maximum atomic E-state index is 12.7. The lowest BCUT2D eigenvalue weighted by atomic mass is 9.96. The average molecular weight is 466 g/mol. The van der Waals surface area contributed by atoms with Crippen LogP contribution in [0.1, 0.15) is 43.4 Å². The smallest absolute Gasteiger partial charge is 0.279 e. The molecule has 1 aliphatic heterocycles. The number of rotatable bonds is 8. The summed E-state index contributed by atoms with van der Waals surface area (Å²) in [6.07, 6.45) is 4.95. The molecule has 10 nitrogen and oxygen atoms in total. The van der Waals surface area contributed by atoms with E-state index in [1.807, 2.05) is 19.1 Å². The first-order chi connectivity index (χ1) is 16.5. The monoisotopic (exact) mass is 465 g/mol. The van der Waals surface area contributed by atoms with Crippen molar-refractivity contribution in [3.8, 4) is 5.75 Å². The van der Waals surface area contributed by atoms with Crippen molar-refractivity contribution in [2.24, 2.45) is 0 Å². The van der Waals surface area contributed by atoms with Gasteiger partial charge in [0.15, 0.2) is 0 Å². The van der Waals surface area contributed by atoms with E-state index in [1.165, 1.54) is 18.3 Å². The number of ether oxygens (including phenoxy) is 1. The summed E-state index contributed by atoms with van der Waals surface area (Å²) in [5, 5.41) is 26.0.